The monoisotopic (exact) mass is 358 g/mol. The molecule has 7 nitrogen and oxygen atoms in total. The third kappa shape index (κ3) is 4.84. The number of benzene rings is 1. The van der Waals surface area contributed by atoms with E-state index in [1.54, 1.807) is 31.4 Å². The molecule has 0 saturated carbocycles. The maximum absolute atomic E-state index is 12.4. The lowest BCUT2D eigenvalue weighted by Crippen LogP contribution is -2.31. The number of amides is 1. The zero-order valence-electron chi connectivity index (χ0n) is 15.8. The SMILES string of the molecule is CCN(CC)C(=O)c1ccnc(NCCc2ccc(OC)c(OC)c2)n1. The Morgan fingerprint density at radius 1 is 1.12 bits per heavy atom. The van der Waals surface area contributed by atoms with Gasteiger partial charge < -0.3 is 19.7 Å². The molecule has 0 fully saturated rings. The molecule has 0 aliphatic carbocycles. The van der Waals surface area contributed by atoms with Crippen LogP contribution in [0.2, 0.25) is 0 Å². The summed E-state index contributed by atoms with van der Waals surface area (Å²) in [7, 11) is 3.23. The van der Waals surface area contributed by atoms with Crippen molar-refractivity contribution in [2.24, 2.45) is 0 Å². The van der Waals surface area contributed by atoms with Crippen molar-refractivity contribution in [3.63, 3.8) is 0 Å². The molecule has 0 saturated heterocycles. The highest BCUT2D eigenvalue weighted by atomic mass is 16.5. The van der Waals surface area contributed by atoms with E-state index in [4.69, 9.17) is 9.47 Å². The number of nitrogens with zero attached hydrogens (tertiary/aromatic N) is 3. The quantitative estimate of drug-likeness (QED) is 0.743. The zero-order valence-corrected chi connectivity index (χ0v) is 15.8. The van der Waals surface area contributed by atoms with Crippen LogP contribution in [0.25, 0.3) is 0 Å². The largest absolute Gasteiger partial charge is 0.493 e. The summed E-state index contributed by atoms with van der Waals surface area (Å²) in [5, 5.41) is 3.16. The number of methoxy groups -OCH3 is 2. The number of ether oxygens (including phenoxy) is 2. The van der Waals surface area contributed by atoms with E-state index in [-0.39, 0.29) is 5.91 Å². The van der Waals surface area contributed by atoms with Crippen molar-refractivity contribution in [2.45, 2.75) is 20.3 Å². The van der Waals surface area contributed by atoms with Crippen LogP contribution in [-0.2, 0) is 6.42 Å². The van der Waals surface area contributed by atoms with Crippen LogP contribution < -0.4 is 14.8 Å². The lowest BCUT2D eigenvalue weighted by atomic mass is 10.1. The minimum Gasteiger partial charge on any atom is -0.493 e. The molecule has 140 valence electrons. The van der Waals surface area contributed by atoms with E-state index in [0.29, 0.717) is 42.8 Å². The fourth-order valence-corrected chi connectivity index (χ4v) is 2.59. The van der Waals surface area contributed by atoms with Gasteiger partial charge in [0.15, 0.2) is 11.5 Å². The number of nitrogens with one attached hydrogen (secondary N) is 1. The minimum atomic E-state index is -0.0830. The molecule has 1 aromatic carbocycles. The topological polar surface area (TPSA) is 76.6 Å². The molecule has 0 aliphatic rings. The summed E-state index contributed by atoms with van der Waals surface area (Å²) in [6.07, 6.45) is 2.36. The van der Waals surface area contributed by atoms with E-state index < -0.39 is 0 Å². The Labute approximate surface area is 154 Å². The number of anilines is 1. The molecule has 2 aromatic rings. The summed E-state index contributed by atoms with van der Waals surface area (Å²) in [6, 6.07) is 7.46. The van der Waals surface area contributed by atoms with E-state index in [2.05, 4.69) is 15.3 Å². The van der Waals surface area contributed by atoms with Crippen molar-refractivity contribution < 1.29 is 14.3 Å². The minimum absolute atomic E-state index is 0.0830. The summed E-state index contributed by atoms with van der Waals surface area (Å²) in [5.74, 6) is 1.77. The van der Waals surface area contributed by atoms with Crippen LogP contribution in [0.1, 0.15) is 29.9 Å². The van der Waals surface area contributed by atoms with Gasteiger partial charge in [-0.05, 0) is 44.0 Å². The van der Waals surface area contributed by atoms with Crippen LogP contribution >= 0.6 is 0 Å². The Kier molecular flexibility index (Phi) is 7.20. The van der Waals surface area contributed by atoms with Crippen LogP contribution in [0.4, 0.5) is 5.95 Å². The van der Waals surface area contributed by atoms with Crippen LogP contribution in [0.15, 0.2) is 30.5 Å². The third-order valence-corrected chi connectivity index (χ3v) is 4.07. The van der Waals surface area contributed by atoms with E-state index in [1.807, 2.05) is 32.0 Å². The standard InChI is InChI=1S/C19H26N4O3/c1-5-23(6-2)18(24)15-10-12-21-19(22-15)20-11-9-14-7-8-16(25-3)17(13-14)26-4/h7-8,10,12-13H,5-6,9,11H2,1-4H3,(H,20,21,22). The number of carbonyl (C=O) groups excluding carboxylic acids is 1. The molecule has 26 heavy (non-hydrogen) atoms. The average molecular weight is 358 g/mol. The number of rotatable bonds is 9. The molecular formula is C19H26N4O3. The van der Waals surface area contributed by atoms with E-state index >= 15 is 0 Å². The van der Waals surface area contributed by atoms with Crippen molar-refractivity contribution in [2.75, 3.05) is 39.2 Å². The predicted octanol–water partition coefficient (Wildman–Crippen LogP) is 2.63. The van der Waals surface area contributed by atoms with Crippen LogP contribution in [-0.4, -0.2) is 54.6 Å². The van der Waals surface area contributed by atoms with Crippen molar-refractivity contribution in [3.8, 4) is 11.5 Å². The van der Waals surface area contributed by atoms with Gasteiger partial charge in [0.1, 0.15) is 5.69 Å². The molecule has 0 bridgehead atoms. The molecule has 0 atom stereocenters. The highest BCUT2D eigenvalue weighted by Gasteiger charge is 2.14. The van der Waals surface area contributed by atoms with Gasteiger partial charge in [0.25, 0.3) is 5.91 Å². The van der Waals surface area contributed by atoms with Gasteiger partial charge in [0.2, 0.25) is 5.95 Å². The highest BCUT2D eigenvalue weighted by molar-refractivity contribution is 5.92. The van der Waals surface area contributed by atoms with Gasteiger partial charge in [0, 0.05) is 25.8 Å². The summed E-state index contributed by atoms with van der Waals surface area (Å²) in [5.41, 5.74) is 1.50. The number of hydrogen-bond acceptors (Lipinski definition) is 6. The molecule has 0 aliphatic heterocycles. The second-order valence-corrected chi connectivity index (χ2v) is 5.61. The number of aromatic nitrogens is 2. The Bertz CT molecular complexity index is 732. The third-order valence-electron chi connectivity index (χ3n) is 4.07. The van der Waals surface area contributed by atoms with Gasteiger partial charge in [0.05, 0.1) is 14.2 Å². The van der Waals surface area contributed by atoms with Crippen molar-refractivity contribution in [3.05, 3.63) is 41.7 Å². The summed E-state index contributed by atoms with van der Waals surface area (Å²) in [4.78, 5) is 22.6. The van der Waals surface area contributed by atoms with Crippen LogP contribution in [0, 0.1) is 0 Å². The van der Waals surface area contributed by atoms with Crippen molar-refractivity contribution in [1.29, 1.82) is 0 Å². The normalized spacial score (nSPS) is 10.3. The lowest BCUT2D eigenvalue weighted by Gasteiger charge is -2.18. The molecule has 0 radical (unpaired) electrons. The first-order chi connectivity index (χ1) is 12.6. The van der Waals surface area contributed by atoms with E-state index in [0.717, 1.165) is 12.0 Å². The number of hydrogen-bond donors (Lipinski definition) is 1. The first-order valence-corrected chi connectivity index (χ1v) is 8.70. The fraction of sp³-hybridized carbons (Fsp3) is 0.421. The van der Waals surface area contributed by atoms with E-state index in [9.17, 15) is 4.79 Å². The maximum Gasteiger partial charge on any atom is 0.272 e. The predicted molar refractivity (Wildman–Crippen MR) is 101 cm³/mol. The Balaban J connectivity index is 1.98. The van der Waals surface area contributed by atoms with Gasteiger partial charge in [-0.15, -0.1) is 0 Å². The lowest BCUT2D eigenvalue weighted by molar-refractivity contribution is 0.0767. The Morgan fingerprint density at radius 2 is 1.85 bits per heavy atom. The first-order valence-electron chi connectivity index (χ1n) is 8.70. The molecular weight excluding hydrogens is 332 g/mol. The van der Waals surface area contributed by atoms with E-state index in [1.165, 1.54) is 0 Å². The second-order valence-electron chi connectivity index (χ2n) is 5.61. The van der Waals surface area contributed by atoms with Crippen LogP contribution in [0.5, 0.6) is 11.5 Å². The molecule has 1 aromatic heterocycles. The number of carbonyl (C=O) groups is 1. The zero-order chi connectivity index (χ0) is 18.9. The van der Waals surface area contributed by atoms with Gasteiger partial charge >= 0.3 is 0 Å². The van der Waals surface area contributed by atoms with Crippen LogP contribution in [0.3, 0.4) is 0 Å². The van der Waals surface area contributed by atoms with Gasteiger partial charge in [-0.3, -0.25) is 4.79 Å². The summed E-state index contributed by atoms with van der Waals surface area (Å²) < 4.78 is 10.6. The molecule has 1 heterocycles. The summed E-state index contributed by atoms with van der Waals surface area (Å²) >= 11 is 0. The maximum atomic E-state index is 12.4. The highest BCUT2D eigenvalue weighted by Crippen LogP contribution is 2.27. The first kappa shape index (κ1) is 19.5. The summed E-state index contributed by atoms with van der Waals surface area (Å²) in [6.45, 7) is 5.84. The molecule has 0 unspecified atom stereocenters. The average Bonchev–Trinajstić information content (AvgIpc) is 2.69. The molecule has 2 rings (SSSR count). The van der Waals surface area contributed by atoms with Gasteiger partial charge in [-0.2, -0.15) is 0 Å². The second kappa shape index (κ2) is 9.60. The smallest absolute Gasteiger partial charge is 0.272 e. The Hall–Kier alpha value is -2.83. The van der Waals surface area contributed by atoms with Gasteiger partial charge in [-0.25, -0.2) is 9.97 Å². The molecule has 0 spiro atoms. The Morgan fingerprint density at radius 3 is 2.50 bits per heavy atom. The fourth-order valence-electron chi connectivity index (χ4n) is 2.59. The van der Waals surface area contributed by atoms with Crippen molar-refractivity contribution in [1.82, 2.24) is 14.9 Å². The molecule has 1 N–H and O–H groups in total. The molecule has 1 amide bonds. The molecule has 7 heteroatoms. The van der Waals surface area contributed by atoms with Crippen molar-refractivity contribution >= 4 is 11.9 Å². The van der Waals surface area contributed by atoms with Gasteiger partial charge in [-0.1, -0.05) is 6.07 Å².